The number of carbonyl (C=O) groups excluding carboxylic acids is 1. The number of hydrogen-bond acceptors (Lipinski definition) is 3. The van der Waals surface area contributed by atoms with Crippen LogP contribution in [0.15, 0.2) is 41.0 Å². The van der Waals surface area contributed by atoms with Gasteiger partial charge in [-0.1, -0.05) is 29.8 Å². The molecule has 0 aliphatic carbocycles. The molecule has 1 aromatic carbocycles. The molecule has 0 saturated carbocycles. The van der Waals surface area contributed by atoms with E-state index in [0.717, 1.165) is 23.4 Å². The third-order valence-electron chi connectivity index (χ3n) is 3.19. The van der Waals surface area contributed by atoms with E-state index in [4.69, 9.17) is 4.42 Å². The first-order valence-electron chi connectivity index (χ1n) is 6.37. The fraction of sp³-hybridized carbons (Fsp3) is 0.312. The van der Waals surface area contributed by atoms with Gasteiger partial charge >= 0.3 is 0 Å². The van der Waals surface area contributed by atoms with E-state index in [1.54, 1.807) is 6.26 Å². The largest absolute Gasteiger partial charge is 0.469 e. The zero-order chi connectivity index (χ0) is 13.8. The molecular weight excluding hydrogens is 238 g/mol. The molecule has 0 unspecified atom stereocenters. The van der Waals surface area contributed by atoms with Gasteiger partial charge in [-0.05, 0) is 27.0 Å². The van der Waals surface area contributed by atoms with Crippen LogP contribution in [0.1, 0.15) is 27.2 Å². The number of ketones is 1. The predicted octanol–water partition coefficient (Wildman–Crippen LogP) is 3.21. The standard InChI is InChI=1S/C16H19NO2/c1-12-4-6-14(7-5-12)16(18)11-17(3)10-15-8-9-19-13(15)2/h4-9H,10-11H2,1-3H3. The van der Waals surface area contributed by atoms with Crippen LogP contribution in [-0.4, -0.2) is 24.3 Å². The second kappa shape index (κ2) is 5.85. The molecule has 0 spiro atoms. The molecule has 1 aromatic heterocycles. The van der Waals surface area contributed by atoms with Gasteiger partial charge in [0.15, 0.2) is 5.78 Å². The van der Waals surface area contributed by atoms with Crippen molar-refractivity contribution in [3.8, 4) is 0 Å². The van der Waals surface area contributed by atoms with E-state index in [2.05, 4.69) is 0 Å². The number of hydrogen-bond donors (Lipinski definition) is 0. The van der Waals surface area contributed by atoms with Gasteiger partial charge in [0.05, 0.1) is 12.8 Å². The van der Waals surface area contributed by atoms with E-state index < -0.39 is 0 Å². The first-order chi connectivity index (χ1) is 9.06. The summed E-state index contributed by atoms with van der Waals surface area (Å²) >= 11 is 0. The molecule has 0 atom stereocenters. The summed E-state index contributed by atoms with van der Waals surface area (Å²) in [6.07, 6.45) is 1.68. The van der Waals surface area contributed by atoms with Gasteiger partial charge in [0.25, 0.3) is 0 Å². The van der Waals surface area contributed by atoms with E-state index in [1.165, 1.54) is 5.56 Å². The van der Waals surface area contributed by atoms with Gasteiger partial charge in [0.2, 0.25) is 0 Å². The van der Waals surface area contributed by atoms with Crippen LogP contribution in [0.2, 0.25) is 0 Å². The lowest BCUT2D eigenvalue weighted by atomic mass is 10.1. The Morgan fingerprint density at radius 2 is 1.84 bits per heavy atom. The predicted molar refractivity (Wildman–Crippen MR) is 75.3 cm³/mol. The zero-order valence-corrected chi connectivity index (χ0v) is 11.6. The minimum Gasteiger partial charge on any atom is -0.469 e. The molecule has 2 aromatic rings. The van der Waals surface area contributed by atoms with E-state index in [0.29, 0.717) is 6.54 Å². The molecule has 100 valence electrons. The Bertz CT molecular complexity index is 554. The molecule has 19 heavy (non-hydrogen) atoms. The van der Waals surface area contributed by atoms with Crippen molar-refractivity contribution in [2.45, 2.75) is 20.4 Å². The molecule has 3 heteroatoms. The molecule has 0 amide bonds. The Labute approximate surface area is 113 Å². The maximum absolute atomic E-state index is 12.1. The first-order valence-corrected chi connectivity index (χ1v) is 6.37. The quantitative estimate of drug-likeness (QED) is 0.771. The first kappa shape index (κ1) is 13.6. The van der Waals surface area contributed by atoms with Crippen LogP contribution >= 0.6 is 0 Å². The minimum atomic E-state index is 0.142. The van der Waals surface area contributed by atoms with Gasteiger partial charge < -0.3 is 4.42 Å². The summed E-state index contributed by atoms with van der Waals surface area (Å²) in [6.45, 7) is 5.08. The zero-order valence-electron chi connectivity index (χ0n) is 11.6. The summed E-state index contributed by atoms with van der Waals surface area (Å²) in [7, 11) is 1.94. The lowest BCUT2D eigenvalue weighted by Gasteiger charge is -2.15. The Kier molecular flexibility index (Phi) is 4.17. The van der Waals surface area contributed by atoms with Crippen molar-refractivity contribution < 1.29 is 9.21 Å². The highest BCUT2D eigenvalue weighted by Gasteiger charge is 2.11. The highest BCUT2D eigenvalue weighted by molar-refractivity contribution is 5.97. The monoisotopic (exact) mass is 257 g/mol. The Morgan fingerprint density at radius 1 is 1.16 bits per heavy atom. The molecule has 0 saturated heterocycles. The second-order valence-electron chi connectivity index (χ2n) is 4.96. The van der Waals surface area contributed by atoms with Crippen LogP contribution in [-0.2, 0) is 6.54 Å². The molecule has 0 radical (unpaired) electrons. The Balaban J connectivity index is 1.95. The van der Waals surface area contributed by atoms with Crippen molar-refractivity contribution in [2.24, 2.45) is 0 Å². The van der Waals surface area contributed by atoms with Crippen LogP contribution < -0.4 is 0 Å². The van der Waals surface area contributed by atoms with Crippen LogP contribution in [0.3, 0.4) is 0 Å². The van der Waals surface area contributed by atoms with Gasteiger partial charge in [0.1, 0.15) is 5.76 Å². The highest BCUT2D eigenvalue weighted by atomic mass is 16.3. The van der Waals surface area contributed by atoms with Crippen molar-refractivity contribution in [2.75, 3.05) is 13.6 Å². The molecule has 0 bridgehead atoms. The van der Waals surface area contributed by atoms with Gasteiger partial charge in [-0.2, -0.15) is 0 Å². The number of likely N-dealkylation sites (N-methyl/N-ethyl adjacent to an activating group) is 1. The van der Waals surface area contributed by atoms with Crippen molar-refractivity contribution in [3.05, 3.63) is 59.0 Å². The number of nitrogens with zero attached hydrogens (tertiary/aromatic N) is 1. The topological polar surface area (TPSA) is 33.5 Å². The number of Topliss-reactive ketones (excluding diaryl/α,β-unsaturated/α-hetero) is 1. The number of aryl methyl sites for hydroxylation is 2. The maximum Gasteiger partial charge on any atom is 0.176 e. The Hall–Kier alpha value is -1.87. The van der Waals surface area contributed by atoms with Crippen LogP contribution in [0.5, 0.6) is 0 Å². The maximum atomic E-state index is 12.1. The summed E-state index contributed by atoms with van der Waals surface area (Å²) in [5, 5.41) is 0. The van der Waals surface area contributed by atoms with Crippen LogP contribution in [0, 0.1) is 13.8 Å². The molecule has 2 rings (SSSR count). The summed E-state index contributed by atoms with van der Waals surface area (Å²) in [6, 6.07) is 9.65. The molecule has 1 heterocycles. The summed E-state index contributed by atoms with van der Waals surface area (Å²) in [4.78, 5) is 14.1. The lowest BCUT2D eigenvalue weighted by Crippen LogP contribution is -2.25. The normalized spacial score (nSPS) is 10.9. The van der Waals surface area contributed by atoms with Crippen molar-refractivity contribution in [1.29, 1.82) is 0 Å². The van der Waals surface area contributed by atoms with E-state index in [-0.39, 0.29) is 5.78 Å². The van der Waals surface area contributed by atoms with Gasteiger partial charge in [-0.25, -0.2) is 0 Å². The minimum absolute atomic E-state index is 0.142. The molecule has 3 nitrogen and oxygen atoms in total. The van der Waals surface area contributed by atoms with Gasteiger partial charge in [-0.3, -0.25) is 9.69 Å². The Morgan fingerprint density at radius 3 is 2.42 bits per heavy atom. The van der Waals surface area contributed by atoms with Crippen molar-refractivity contribution in [3.63, 3.8) is 0 Å². The van der Waals surface area contributed by atoms with E-state index in [9.17, 15) is 4.79 Å². The number of benzene rings is 1. The van der Waals surface area contributed by atoms with Crippen molar-refractivity contribution >= 4 is 5.78 Å². The molecule has 0 aliphatic rings. The number of furan rings is 1. The smallest absolute Gasteiger partial charge is 0.176 e. The van der Waals surface area contributed by atoms with Gasteiger partial charge in [-0.15, -0.1) is 0 Å². The summed E-state index contributed by atoms with van der Waals surface area (Å²) < 4.78 is 5.26. The van der Waals surface area contributed by atoms with Crippen molar-refractivity contribution in [1.82, 2.24) is 4.90 Å². The third-order valence-corrected chi connectivity index (χ3v) is 3.19. The molecule has 0 N–H and O–H groups in total. The average Bonchev–Trinajstić information content (AvgIpc) is 2.75. The van der Waals surface area contributed by atoms with E-state index >= 15 is 0 Å². The van der Waals surface area contributed by atoms with Gasteiger partial charge in [0, 0.05) is 17.7 Å². The molecule has 0 fully saturated rings. The average molecular weight is 257 g/mol. The lowest BCUT2D eigenvalue weighted by molar-refractivity contribution is 0.0942. The highest BCUT2D eigenvalue weighted by Crippen LogP contribution is 2.12. The van der Waals surface area contributed by atoms with Crippen LogP contribution in [0.4, 0.5) is 0 Å². The number of rotatable bonds is 5. The SMILES string of the molecule is Cc1ccc(C(=O)CN(C)Cc2ccoc2C)cc1. The summed E-state index contributed by atoms with van der Waals surface area (Å²) in [5.41, 5.74) is 3.06. The summed E-state index contributed by atoms with van der Waals surface area (Å²) in [5.74, 6) is 1.05. The fourth-order valence-corrected chi connectivity index (χ4v) is 2.00. The number of carbonyl (C=O) groups is 1. The molecule has 0 aliphatic heterocycles. The van der Waals surface area contributed by atoms with E-state index in [1.807, 2.05) is 56.1 Å². The molecular formula is C16H19NO2. The fourth-order valence-electron chi connectivity index (χ4n) is 2.00. The third kappa shape index (κ3) is 3.55. The van der Waals surface area contributed by atoms with Crippen LogP contribution in [0.25, 0.3) is 0 Å². The second-order valence-corrected chi connectivity index (χ2v) is 4.96.